The van der Waals surface area contributed by atoms with Gasteiger partial charge in [-0.05, 0) is 35.0 Å². The summed E-state index contributed by atoms with van der Waals surface area (Å²) in [5.74, 6) is 0.0912. The second kappa shape index (κ2) is 5.12. The Morgan fingerprint density at radius 1 is 1.38 bits per heavy atom. The van der Waals surface area contributed by atoms with Crippen LogP contribution in [-0.4, -0.2) is 10.8 Å². The van der Waals surface area contributed by atoms with Crippen LogP contribution in [0.1, 0.15) is 17.3 Å². The van der Waals surface area contributed by atoms with Crippen LogP contribution in [0.3, 0.4) is 0 Å². The Labute approximate surface area is 110 Å². The molecule has 0 radical (unpaired) electrons. The Morgan fingerprint density at radius 3 is 2.56 bits per heavy atom. The van der Waals surface area contributed by atoms with Gasteiger partial charge in [0.15, 0.2) is 10.1 Å². The minimum absolute atomic E-state index is 0.0912. The number of hydrogen-bond acceptors (Lipinski definition) is 4. The Hall–Kier alpha value is -0.650. The molecule has 0 N–H and O–H groups in total. The van der Waals surface area contributed by atoms with Crippen molar-refractivity contribution in [1.29, 1.82) is 0 Å². The number of carbonyl (C=O) groups excluding carboxylic acids is 1. The summed E-state index contributed by atoms with van der Waals surface area (Å²) in [6, 6.07) is 7.56. The molecule has 16 heavy (non-hydrogen) atoms. The average Bonchev–Trinajstić information content (AvgIpc) is 2.65. The van der Waals surface area contributed by atoms with Gasteiger partial charge in [-0.15, -0.1) is 11.3 Å². The Morgan fingerprint density at radius 2 is 2.06 bits per heavy atom. The number of aromatic nitrogens is 1. The summed E-state index contributed by atoms with van der Waals surface area (Å²) in [4.78, 5) is 16.5. The normalized spacial score (nSPS) is 10.4. The van der Waals surface area contributed by atoms with E-state index in [-0.39, 0.29) is 5.78 Å². The number of nitrogens with zero attached hydrogens (tertiary/aromatic N) is 1. The number of hydrogen-bond donors (Lipinski definition) is 0. The lowest BCUT2D eigenvalue weighted by molar-refractivity contribution is 0.101. The molecule has 0 spiro atoms. The molecule has 5 heteroatoms. The first-order valence-corrected chi connectivity index (χ1v) is 7.04. The summed E-state index contributed by atoms with van der Waals surface area (Å²) in [6.07, 6.45) is 0. The number of thiazole rings is 1. The molecule has 0 fully saturated rings. The van der Waals surface area contributed by atoms with E-state index in [1.807, 2.05) is 29.6 Å². The third-order valence-corrected chi connectivity index (χ3v) is 4.58. The monoisotopic (exact) mass is 313 g/mol. The van der Waals surface area contributed by atoms with Gasteiger partial charge in [-0.3, -0.25) is 4.79 Å². The first-order chi connectivity index (χ1) is 7.65. The van der Waals surface area contributed by atoms with Crippen molar-refractivity contribution in [3.63, 3.8) is 0 Å². The molecule has 0 unspecified atom stereocenters. The summed E-state index contributed by atoms with van der Waals surface area (Å²) in [5.41, 5.74) is 0.740. The van der Waals surface area contributed by atoms with Crippen LogP contribution in [0.2, 0.25) is 0 Å². The van der Waals surface area contributed by atoms with Gasteiger partial charge >= 0.3 is 0 Å². The van der Waals surface area contributed by atoms with Gasteiger partial charge < -0.3 is 0 Å². The number of halogens is 1. The Balaban J connectivity index is 2.14. The van der Waals surface area contributed by atoms with Gasteiger partial charge in [0.1, 0.15) is 4.60 Å². The standard InChI is InChI=1S/C11H8BrNOS2/c1-7(14)8-2-4-9(5-3-8)16-11-13-10(12)6-15-11/h2-6H,1H3. The van der Waals surface area contributed by atoms with E-state index in [1.165, 1.54) is 0 Å². The van der Waals surface area contributed by atoms with E-state index in [0.29, 0.717) is 0 Å². The first-order valence-electron chi connectivity index (χ1n) is 4.55. The zero-order valence-electron chi connectivity index (χ0n) is 8.44. The van der Waals surface area contributed by atoms with Crippen LogP contribution >= 0.6 is 39.0 Å². The van der Waals surface area contributed by atoms with Gasteiger partial charge in [0.25, 0.3) is 0 Å². The second-order valence-electron chi connectivity index (χ2n) is 3.12. The van der Waals surface area contributed by atoms with E-state index < -0.39 is 0 Å². The molecule has 2 nitrogen and oxygen atoms in total. The lowest BCUT2D eigenvalue weighted by atomic mass is 10.2. The van der Waals surface area contributed by atoms with Crippen molar-refractivity contribution >= 4 is 44.8 Å². The van der Waals surface area contributed by atoms with E-state index in [2.05, 4.69) is 20.9 Å². The predicted molar refractivity (Wildman–Crippen MR) is 70.4 cm³/mol. The molecule has 0 bridgehead atoms. The predicted octanol–water partition coefficient (Wildman–Crippen LogP) is 4.26. The molecule has 0 aliphatic carbocycles. The highest BCUT2D eigenvalue weighted by molar-refractivity contribution is 9.10. The lowest BCUT2D eigenvalue weighted by Crippen LogP contribution is -1.90. The average molecular weight is 314 g/mol. The minimum Gasteiger partial charge on any atom is -0.295 e. The van der Waals surface area contributed by atoms with Gasteiger partial charge in [0, 0.05) is 15.8 Å². The smallest absolute Gasteiger partial charge is 0.159 e. The van der Waals surface area contributed by atoms with Crippen LogP contribution in [0.5, 0.6) is 0 Å². The van der Waals surface area contributed by atoms with Gasteiger partial charge in [0.05, 0.1) is 0 Å². The van der Waals surface area contributed by atoms with E-state index in [1.54, 1.807) is 30.0 Å². The minimum atomic E-state index is 0.0912. The summed E-state index contributed by atoms with van der Waals surface area (Å²) < 4.78 is 1.85. The number of carbonyl (C=O) groups is 1. The number of benzene rings is 1. The molecule has 82 valence electrons. The maximum absolute atomic E-state index is 11.1. The van der Waals surface area contributed by atoms with Crippen LogP contribution in [0.15, 0.2) is 43.5 Å². The zero-order valence-corrected chi connectivity index (χ0v) is 11.7. The fourth-order valence-electron chi connectivity index (χ4n) is 1.14. The van der Waals surface area contributed by atoms with Crippen molar-refractivity contribution in [2.75, 3.05) is 0 Å². The molecule has 1 aromatic heterocycles. The van der Waals surface area contributed by atoms with Crippen molar-refractivity contribution in [3.05, 3.63) is 39.8 Å². The maximum atomic E-state index is 11.1. The van der Waals surface area contributed by atoms with E-state index in [9.17, 15) is 4.79 Å². The summed E-state index contributed by atoms with van der Waals surface area (Å²) in [6.45, 7) is 1.57. The second-order valence-corrected chi connectivity index (χ2v) is 6.11. The third kappa shape index (κ3) is 2.93. The molecular weight excluding hydrogens is 306 g/mol. The number of Topliss-reactive ketones (excluding diaryl/α,β-unsaturated/α-hetero) is 1. The SMILES string of the molecule is CC(=O)c1ccc(Sc2nc(Br)cs2)cc1. The highest BCUT2D eigenvalue weighted by Gasteiger charge is 2.03. The van der Waals surface area contributed by atoms with E-state index in [4.69, 9.17) is 0 Å². The third-order valence-electron chi connectivity index (χ3n) is 1.92. The van der Waals surface area contributed by atoms with Crippen molar-refractivity contribution in [2.24, 2.45) is 0 Å². The van der Waals surface area contributed by atoms with Crippen molar-refractivity contribution < 1.29 is 4.79 Å². The van der Waals surface area contributed by atoms with Crippen molar-refractivity contribution in [1.82, 2.24) is 4.98 Å². The fourth-order valence-corrected chi connectivity index (χ4v) is 3.48. The Bertz CT molecular complexity index is 507. The molecule has 2 rings (SSSR count). The van der Waals surface area contributed by atoms with Crippen LogP contribution in [0, 0.1) is 0 Å². The van der Waals surface area contributed by atoms with Crippen LogP contribution in [0.25, 0.3) is 0 Å². The van der Waals surface area contributed by atoms with E-state index in [0.717, 1.165) is 19.4 Å². The Kier molecular flexibility index (Phi) is 3.78. The van der Waals surface area contributed by atoms with Crippen molar-refractivity contribution in [3.8, 4) is 0 Å². The molecule has 0 atom stereocenters. The first kappa shape index (κ1) is 11.8. The molecule has 2 aromatic rings. The molecule has 0 saturated carbocycles. The molecule has 0 aliphatic rings. The van der Waals surface area contributed by atoms with Gasteiger partial charge in [-0.2, -0.15) is 0 Å². The topological polar surface area (TPSA) is 30.0 Å². The van der Waals surface area contributed by atoms with Crippen LogP contribution in [0.4, 0.5) is 0 Å². The largest absolute Gasteiger partial charge is 0.295 e. The van der Waals surface area contributed by atoms with Gasteiger partial charge in [-0.25, -0.2) is 4.98 Å². The summed E-state index contributed by atoms with van der Waals surface area (Å²) in [7, 11) is 0. The summed E-state index contributed by atoms with van der Waals surface area (Å²) in [5, 5.41) is 1.95. The highest BCUT2D eigenvalue weighted by Crippen LogP contribution is 2.31. The highest BCUT2D eigenvalue weighted by atomic mass is 79.9. The van der Waals surface area contributed by atoms with Crippen molar-refractivity contribution in [2.45, 2.75) is 16.2 Å². The summed E-state index contributed by atoms with van der Waals surface area (Å²) >= 11 is 6.51. The molecule has 0 amide bonds. The molecule has 1 heterocycles. The molecule has 0 aliphatic heterocycles. The quantitative estimate of drug-likeness (QED) is 0.793. The van der Waals surface area contributed by atoms with Crippen LogP contribution < -0.4 is 0 Å². The zero-order chi connectivity index (χ0) is 11.5. The van der Waals surface area contributed by atoms with Crippen LogP contribution in [-0.2, 0) is 0 Å². The lowest BCUT2D eigenvalue weighted by Gasteiger charge is -1.99. The fraction of sp³-hybridized carbons (Fsp3) is 0.0909. The van der Waals surface area contributed by atoms with E-state index >= 15 is 0 Å². The van der Waals surface area contributed by atoms with Gasteiger partial charge in [-0.1, -0.05) is 23.9 Å². The molecule has 1 aromatic carbocycles. The number of ketones is 1. The maximum Gasteiger partial charge on any atom is 0.159 e. The number of rotatable bonds is 3. The molecule has 0 saturated heterocycles. The molecular formula is C11H8BrNOS2. The van der Waals surface area contributed by atoms with Gasteiger partial charge in [0.2, 0.25) is 0 Å².